The summed E-state index contributed by atoms with van der Waals surface area (Å²) in [5, 5.41) is 12.5. The molecule has 12 heteroatoms. The van der Waals surface area contributed by atoms with Gasteiger partial charge in [-0.2, -0.15) is 0 Å². The molecule has 1 aromatic rings. The van der Waals surface area contributed by atoms with E-state index < -0.39 is 59.6 Å². The largest absolute Gasteiger partial charge is 0.480 e. The Kier molecular flexibility index (Phi) is 16.5. The number of ether oxygens (including phenoxy) is 2. The van der Waals surface area contributed by atoms with E-state index in [0.717, 1.165) is 12.0 Å². The van der Waals surface area contributed by atoms with Crippen LogP contribution in [0, 0.1) is 23.7 Å². The molecule has 1 saturated heterocycles. The van der Waals surface area contributed by atoms with Gasteiger partial charge in [-0.05, 0) is 44.1 Å². The van der Waals surface area contributed by atoms with Crippen LogP contribution in [0.1, 0.15) is 86.1 Å². The summed E-state index contributed by atoms with van der Waals surface area (Å²) in [6, 6.07) is 7.09. The number of likely N-dealkylation sites (tertiary alicyclic amines) is 1. The molecule has 12 nitrogen and oxygen atoms in total. The van der Waals surface area contributed by atoms with Gasteiger partial charge in [0, 0.05) is 46.6 Å². The summed E-state index contributed by atoms with van der Waals surface area (Å²) in [6.45, 7) is 13.3. The van der Waals surface area contributed by atoms with Gasteiger partial charge in [-0.3, -0.25) is 19.2 Å². The van der Waals surface area contributed by atoms with E-state index in [1.807, 2.05) is 58.0 Å². The highest BCUT2D eigenvalue weighted by atomic mass is 16.5. The van der Waals surface area contributed by atoms with Crippen LogP contribution in [0.2, 0.25) is 0 Å². The lowest BCUT2D eigenvalue weighted by molar-refractivity contribution is -0.149. The number of likely N-dealkylation sites (N-methyl/N-ethyl adjacent to an activating group) is 1. The maximum Gasteiger partial charge on any atom is 0.326 e. The Morgan fingerprint density at radius 2 is 1.66 bits per heavy atom. The number of hydrogen-bond donors (Lipinski definition) is 3. The number of aliphatic carboxylic acids is 1. The van der Waals surface area contributed by atoms with E-state index in [0.29, 0.717) is 19.4 Å². The third-order valence-electron chi connectivity index (χ3n) is 10.4. The molecule has 2 rings (SSSR count). The number of nitrogens with zero attached hydrogens (tertiary/aromatic N) is 2. The van der Waals surface area contributed by atoms with Crippen molar-refractivity contribution in [2.24, 2.45) is 29.4 Å². The molecular formula is C38H62N4O8. The van der Waals surface area contributed by atoms with Crippen molar-refractivity contribution >= 4 is 29.5 Å². The monoisotopic (exact) mass is 702 g/mol. The van der Waals surface area contributed by atoms with Gasteiger partial charge in [-0.1, -0.05) is 71.4 Å². The molecule has 0 aromatic heterocycles. The highest BCUT2D eigenvalue weighted by Gasteiger charge is 2.43. The van der Waals surface area contributed by atoms with E-state index in [1.54, 1.807) is 37.6 Å². The Balaban J connectivity index is 2.26. The Bertz CT molecular complexity index is 1280. The molecule has 0 bridgehead atoms. The number of nitrogens with one attached hydrogen (secondary N) is 1. The van der Waals surface area contributed by atoms with Crippen molar-refractivity contribution in [1.82, 2.24) is 15.1 Å². The molecule has 4 N–H and O–H groups in total. The highest BCUT2D eigenvalue weighted by Crippen LogP contribution is 2.31. The molecule has 1 aromatic carbocycles. The van der Waals surface area contributed by atoms with Crippen LogP contribution in [0.25, 0.3) is 0 Å². The molecule has 282 valence electrons. The zero-order chi connectivity index (χ0) is 37.9. The Hall–Kier alpha value is -3.35. The van der Waals surface area contributed by atoms with Crippen LogP contribution >= 0.6 is 0 Å². The number of nitrogens with two attached hydrogens (primary N) is 1. The molecule has 3 amide bonds. The van der Waals surface area contributed by atoms with Gasteiger partial charge in [0.25, 0.3) is 0 Å². The van der Waals surface area contributed by atoms with Crippen LogP contribution in [-0.4, -0.2) is 108 Å². The predicted octanol–water partition coefficient (Wildman–Crippen LogP) is 3.69. The topological polar surface area (TPSA) is 169 Å². The van der Waals surface area contributed by atoms with E-state index in [4.69, 9.17) is 15.2 Å². The minimum Gasteiger partial charge on any atom is -0.480 e. The van der Waals surface area contributed by atoms with Crippen LogP contribution in [0.15, 0.2) is 30.3 Å². The normalized spacial score (nSPS) is 19.2. The number of ketones is 1. The highest BCUT2D eigenvalue weighted by molar-refractivity contribution is 5.92. The van der Waals surface area contributed by atoms with Crippen molar-refractivity contribution < 1.29 is 38.6 Å². The van der Waals surface area contributed by atoms with Gasteiger partial charge in [0.05, 0.1) is 42.2 Å². The zero-order valence-corrected chi connectivity index (χ0v) is 31.8. The first kappa shape index (κ1) is 42.8. The van der Waals surface area contributed by atoms with Gasteiger partial charge in [-0.15, -0.1) is 0 Å². The van der Waals surface area contributed by atoms with Gasteiger partial charge >= 0.3 is 5.97 Å². The lowest BCUT2D eigenvalue weighted by Crippen LogP contribution is -2.55. The van der Waals surface area contributed by atoms with Crippen LogP contribution < -0.4 is 11.1 Å². The summed E-state index contributed by atoms with van der Waals surface area (Å²) < 4.78 is 11.8. The minimum absolute atomic E-state index is 0.00406. The van der Waals surface area contributed by atoms with Crippen LogP contribution in [0.4, 0.5) is 0 Å². The first-order chi connectivity index (χ1) is 23.4. The molecule has 0 aliphatic carbocycles. The first-order valence-corrected chi connectivity index (χ1v) is 17.9. The van der Waals surface area contributed by atoms with E-state index in [-0.39, 0.29) is 48.7 Å². The van der Waals surface area contributed by atoms with Gasteiger partial charge in [0.15, 0.2) is 5.78 Å². The third-order valence-corrected chi connectivity index (χ3v) is 10.4. The molecule has 0 radical (unpaired) electrons. The predicted molar refractivity (Wildman–Crippen MR) is 192 cm³/mol. The molecule has 50 heavy (non-hydrogen) atoms. The Morgan fingerprint density at radius 3 is 2.16 bits per heavy atom. The van der Waals surface area contributed by atoms with Crippen molar-refractivity contribution in [1.29, 1.82) is 0 Å². The fourth-order valence-corrected chi connectivity index (χ4v) is 6.99. The Morgan fingerprint density at radius 1 is 1.04 bits per heavy atom. The molecule has 1 fully saturated rings. The van der Waals surface area contributed by atoms with Crippen molar-refractivity contribution in [3.05, 3.63) is 35.9 Å². The maximum absolute atomic E-state index is 14.1. The summed E-state index contributed by atoms with van der Waals surface area (Å²) in [5.41, 5.74) is 5.79. The van der Waals surface area contributed by atoms with Gasteiger partial charge < -0.3 is 35.4 Å². The van der Waals surface area contributed by atoms with Crippen LogP contribution in [0.3, 0.4) is 0 Å². The van der Waals surface area contributed by atoms with Crippen molar-refractivity contribution in [3.63, 3.8) is 0 Å². The number of hydrogen-bond acceptors (Lipinski definition) is 8. The van der Waals surface area contributed by atoms with Crippen LogP contribution in [-0.2, 0) is 39.9 Å². The summed E-state index contributed by atoms with van der Waals surface area (Å²) in [5.74, 6) is -3.65. The molecule has 1 aliphatic rings. The number of methoxy groups -OCH3 is 2. The smallest absolute Gasteiger partial charge is 0.326 e. The van der Waals surface area contributed by atoms with E-state index in [2.05, 4.69) is 5.32 Å². The number of carboxylic acids is 1. The standard InChI is InChI=1S/C38H62N4O8/c1-11-24(4)33(41(8)36(46)27(23(2)3)21-31(43)38(6,7)39)30(49-9)22-32(44)42-19-15-18-29(42)34(50-10)25(5)35(45)40-28(37(47)48)20-26-16-13-12-14-17-26/h12-14,16-17,23-25,27-30,33-34H,11,15,18-22,39H2,1-10H3,(H,40,45)(H,47,48)/t24-,25+,27-,28-,29-,30+,33-,34+/m0/s1. The van der Waals surface area contributed by atoms with Crippen molar-refractivity contribution in [3.8, 4) is 0 Å². The lowest BCUT2D eigenvalue weighted by atomic mass is 9.83. The second-order valence-corrected chi connectivity index (χ2v) is 14.9. The van der Waals surface area contributed by atoms with Crippen molar-refractivity contribution in [2.45, 2.75) is 123 Å². The molecular weight excluding hydrogens is 640 g/mol. The fourth-order valence-electron chi connectivity index (χ4n) is 6.99. The van der Waals surface area contributed by atoms with E-state index >= 15 is 0 Å². The molecule has 1 heterocycles. The van der Waals surface area contributed by atoms with Gasteiger partial charge in [0.1, 0.15) is 6.04 Å². The first-order valence-electron chi connectivity index (χ1n) is 17.9. The number of rotatable bonds is 20. The second kappa shape index (κ2) is 19.3. The maximum atomic E-state index is 14.1. The fraction of sp³-hybridized carbons (Fsp3) is 0.711. The third kappa shape index (κ3) is 11.3. The molecule has 0 spiro atoms. The van der Waals surface area contributed by atoms with Crippen molar-refractivity contribution in [2.75, 3.05) is 27.8 Å². The van der Waals surface area contributed by atoms with Gasteiger partial charge in [-0.25, -0.2) is 4.79 Å². The number of amides is 3. The average molecular weight is 703 g/mol. The second-order valence-electron chi connectivity index (χ2n) is 14.9. The van der Waals surface area contributed by atoms with Crippen LogP contribution in [0.5, 0.6) is 0 Å². The summed E-state index contributed by atoms with van der Waals surface area (Å²) in [7, 11) is 4.74. The number of Topliss-reactive ketones (excluding diaryl/α,β-unsaturated/α-hetero) is 1. The summed E-state index contributed by atoms with van der Waals surface area (Å²) in [4.78, 5) is 69.8. The number of carboxylic acid groups (broad SMARTS) is 1. The zero-order valence-electron chi connectivity index (χ0n) is 31.8. The molecule has 0 unspecified atom stereocenters. The number of benzene rings is 1. The quantitative estimate of drug-likeness (QED) is 0.184. The number of carbonyl (C=O) groups excluding carboxylic acids is 4. The summed E-state index contributed by atoms with van der Waals surface area (Å²) in [6.07, 6.45) is 0.875. The average Bonchev–Trinajstić information content (AvgIpc) is 3.55. The van der Waals surface area contributed by atoms with Gasteiger partial charge in [0.2, 0.25) is 17.7 Å². The number of carbonyl (C=O) groups is 5. The molecule has 8 atom stereocenters. The summed E-state index contributed by atoms with van der Waals surface area (Å²) >= 11 is 0. The Labute approximate surface area is 298 Å². The van der Waals surface area contributed by atoms with E-state index in [9.17, 15) is 29.1 Å². The minimum atomic E-state index is -1.14. The lowest BCUT2D eigenvalue weighted by Gasteiger charge is -2.41. The van der Waals surface area contributed by atoms with E-state index in [1.165, 1.54) is 14.2 Å². The molecule has 0 saturated carbocycles. The SMILES string of the molecule is CC[C@H](C)[C@@H]([C@@H](CC(=O)N1CCC[C@H]1[C@H](OC)[C@@H](C)C(=O)N[C@@H](Cc1ccccc1)C(=O)O)OC)N(C)C(=O)[C@@H](CC(=O)C(C)(C)N)C(C)C. The molecule has 1 aliphatic heterocycles.